The standard InChI is InChI=1S/C11H12Cl2O2/c1-7(12)6-15-11-4-3-9(8(2)14)5-10(11)13/h3-5,8,14H,1,6H2,2H3/t8-/m0/s1. The molecule has 0 aliphatic heterocycles. The first-order valence-electron chi connectivity index (χ1n) is 4.44. The maximum Gasteiger partial charge on any atom is 0.138 e. The predicted molar refractivity (Wildman–Crippen MR) is 62.6 cm³/mol. The van der Waals surface area contributed by atoms with Gasteiger partial charge in [-0.15, -0.1) is 0 Å². The average molecular weight is 247 g/mol. The fourth-order valence-electron chi connectivity index (χ4n) is 1.05. The van der Waals surface area contributed by atoms with Crippen molar-refractivity contribution in [2.75, 3.05) is 6.61 Å². The molecule has 0 radical (unpaired) electrons. The molecule has 82 valence electrons. The van der Waals surface area contributed by atoms with E-state index in [1.165, 1.54) is 0 Å². The van der Waals surface area contributed by atoms with E-state index in [0.717, 1.165) is 5.56 Å². The normalized spacial score (nSPS) is 12.3. The molecule has 0 spiro atoms. The summed E-state index contributed by atoms with van der Waals surface area (Å²) < 4.78 is 5.29. The molecule has 1 rings (SSSR count). The van der Waals surface area contributed by atoms with Crippen LogP contribution >= 0.6 is 23.2 Å². The maximum atomic E-state index is 9.32. The highest BCUT2D eigenvalue weighted by molar-refractivity contribution is 6.32. The van der Waals surface area contributed by atoms with Crippen LogP contribution in [-0.4, -0.2) is 11.7 Å². The molecule has 0 saturated carbocycles. The Kier molecular flexibility index (Phi) is 4.45. The highest BCUT2D eigenvalue weighted by atomic mass is 35.5. The van der Waals surface area contributed by atoms with Crippen molar-refractivity contribution < 1.29 is 9.84 Å². The van der Waals surface area contributed by atoms with E-state index in [0.29, 0.717) is 15.8 Å². The van der Waals surface area contributed by atoms with Gasteiger partial charge in [-0.05, 0) is 24.6 Å². The van der Waals surface area contributed by atoms with E-state index in [9.17, 15) is 5.11 Å². The van der Waals surface area contributed by atoms with Crippen molar-refractivity contribution in [3.8, 4) is 5.75 Å². The Hall–Kier alpha value is -0.700. The fraction of sp³-hybridized carbons (Fsp3) is 0.273. The molecule has 2 nitrogen and oxygen atoms in total. The molecule has 15 heavy (non-hydrogen) atoms. The number of hydrogen-bond donors (Lipinski definition) is 1. The van der Waals surface area contributed by atoms with Crippen LogP contribution in [0.25, 0.3) is 0 Å². The van der Waals surface area contributed by atoms with Gasteiger partial charge in [-0.2, -0.15) is 0 Å². The van der Waals surface area contributed by atoms with Crippen LogP contribution in [0.3, 0.4) is 0 Å². The molecular formula is C11H12Cl2O2. The van der Waals surface area contributed by atoms with Crippen molar-refractivity contribution in [1.29, 1.82) is 0 Å². The number of aliphatic hydroxyl groups is 1. The lowest BCUT2D eigenvalue weighted by atomic mass is 10.1. The molecule has 1 aromatic rings. The van der Waals surface area contributed by atoms with E-state index in [4.69, 9.17) is 27.9 Å². The topological polar surface area (TPSA) is 29.5 Å². The summed E-state index contributed by atoms with van der Waals surface area (Å²) in [5.41, 5.74) is 0.747. The summed E-state index contributed by atoms with van der Waals surface area (Å²) in [5.74, 6) is 0.530. The van der Waals surface area contributed by atoms with Gasteiger partial charge in [-0.3, -0.25) is 0 Å². The molecule has 0 aliphatic rings. The first kappa shape index (κ1) is 12.4. The quantitative estimate of drug-likeness (QED) is 0.881. The van der Waals surface area contributed by atoms with Gasteiger partial charge >= 0.3 is 0 Å². The minimum absolute atomic E-state index is 0.218. The highest BCUT2D eigenvalue weighted by Crippen LogP contribution is 2.28. The lowest BCUT2D eigenvalue weighted by molar-refractivity contribution is 0.199. The van der Waals surface area contributed by atoms with Crippen LogP contribution in [0.5, 0.6) is 5.75 Å². The number of rotatable bonds is 4. The van der Waals surface area contributed by atoms with E-state index in [-0.39, 0.29) is 6.61 Å². The monoisotopic (exact) mass is 246 g/mol. The largest absolute Gasteiger partial charge is 0.486 e. The summed E-state index contributed by atoms with van der Waals surface area (Å²) in [5, 5.41) is 10.2. The van der Waals surface area contributed by atoms with Gasteiger partial charge in [0.05, 0.1) is 11.1 Å². The second-order valence-corrected chi connectivity index (χ2v) is 4.11. The first-order chi connectivity index (χ1) is 7.00. The molecule has 0 bridgehead atoms. The number of aliphatic hydroxyl groups excluding tert-OH is 1. The van der Waals surface area contributed by atoms with E-state index >= 15 is 0 Å². The molecule has 0 amide bonds. The summed E-state index contributed by atoms with van der Waals surface area (Å²) in [7, 11) is 0. The minimum atomic E-state index is -0.542. The molecule has 0 heterocycles. The van der Waals surface area contributed by atoms with E-state index in [1.54, 1.807) is 25.1 Å². The molecule has 1 atom stereocenters. The van der Waals surface area contributed by atoms with Crippen LogP contribution < -0.4 is 4.74 Å². The fourth-order valence-corrected chi connectivity index (χ4v) is 1.35. The van der Waals surface area contributed by atoms with Crippen LogP contribution in [0.15, 0.2) is 29.8 Å². The number of ether oxygens (including phenoxy) is 1. The summed E-state index contributed by atoms with van der Waals surface area (Å²) >= 11 is 11.5. The van der Waals surface area contributed by atoms with Crippen LogP contribution in [0.1, 0.15) is 18.6 Å². The zero-order valence-corrected chi connectivity index (χ0v) is 9.85. The lowest BCUT2D eigenvalue weighted by Gasteiger charge is -2.10. The van der Waals surface area contributed by atoms with Gasteiger partial charge in [0.15, 0.2) is 0 Å². The predicted octanol–water partition coefficient (Wildman–Crippen LogP) is 3.52. The van der Waals surface area contributed by atoms with Gasteiger partial charge in [0.2, 0.25) is 0 Å². The van der Waals surface area contributed by atoms with Crippen molar-refractivity contribution >= 4 is 23.2 Å². The van der Waals surface area contributed by atoms with Crippen molar-refractivity contribution in [3.63, 3.8) is 0 Å². The third-order valence-corrected chi connectivity index (χ3v) is 2.23. The Labute approximate surface area is 99.1 Å². The maximum absolute atomic E-state index is 9.32. The minimum Gasteiger partial charge on any atom is -0.486 e. The molecule has 0 unspecified atom stereocenters. The van der Waals surface area contributed by atoms with Gasteiger partial charge in [-0.25, -0.2) is 0 Å². The molecule has 0 aromatic heterocycles. The number of hydrogen-bond acceptors (Lipinski definition) is 2. The summed E-state index contributed by atoms with van der Waals surface area (Å²) in [6.45, 7) is 5.39. The first-order valence-corrected chi connectivity index (χ1v) is 5.20. The summed E-state index contributed by atoms with van der Waals surface area (Å²) in [4.78, 5) is 0. The zero-order valence-electron chi connectivity index (χ0n) is 8.34. The van der Waals surface area contributed by atoms with Gasteiger partial charge in [-0.1, -0.05) is 35.8 Å². The molecule has 0 saturated heterocycles. The van der Waals surface area contributed by atoms with Crippen molar-refractivity contribution in [3.05, 3.63) is 40.4 Å². The van der Waals surface area contributed by atoms with Crippen LogP contribution in [0, 0.1) is 0 Å². The van der Waals surface area contributed by atoms with Gasteiger partial charge < -0.3 is 9.84 Å². The third-order valence-electron chi connectivity index (χ3n) is 1.82. The second kappa shape index (κ2) is 5.40. The Bertz CT molecular complexity index is 362. The van der Waals surface area contributed by atoms with Gasteiger partial charge in [0.1, 0.15) is 12.4 Å². The Morgan fingerprint density at radius 1 is 1.60 bits per heavy atom. The van der Waals surface area contributed by atoms with Crippen molar-refractivity contribution in [1.82, 2.24) is 0 Å². The Morgan fingerprint density at radius 3 is 2.73 bits per heavy atom. The number of benzene rings is 1. The third kappa shape index (κ3) is 3.74. The highest BCUT2D eigenvalue weighted by Gasteiger charge is 2.06. The average Bonchev–Trinajstić information content (AvgIpc) is 2.15. The molecule has 4 heteroatoms. The lowest BCUT2D eigenvalue weighted by Crippen LogP contribution is -1.98. The van der Waals surface area contributed by atoms with E-state index < -0.39 is 6.10 Å². The van der Waals surface area contributed by atoms with E-state index in [1.807, 2.05) is 0 Å². The van der Waals surface area contributed by atoms with Crippen LogP contribution in [0.4, 0.5) is 0 Å². The summed E-state index contributed by atoms with van der Waals surface area (Å²) in [6, 6.07) is 5.12. The van der Waals surface area contributed by atoms with Gasteiger partial charge in [0.25, 0.3) is 0 Å². The van der Waals surface area contributed by atoms with Crippen LogP contribution in [0.2, 0.25) is 5.02 Å². The molecule has 0 fully saturated rings. The van der Waals surface area contributed by atoms with E-state index in [2.05, 4.69) is 6.58 Å². The van der Waals surface area contributed by atoms with Crippen molar-refractivity contribution in [2.24, 2.45) is 0 Å². The Balaban J connectivity index is 2.79. The zero-order chi connectivity index (χ0) is 11.4. The smallest absolute Gasteiger partial charge is 0.138 e. The molecule has 0 aliphatic carbocycles. The molecule has 1 N–H and O–H groups in total. The second-order valence-electron chi connectivity index (χ2n) is 3.17. The van der Waals surface area contributed by atoms with Crippen molar-refractivity contribution in [2.45, 2.75) is 13.0 Å². The molecular weight excluding hydrogens is 235 g/mol. The van der Waals surface area contributed by atoms with Crippen LogP contribution in [-0.2, 0) is 0 Å². The van der Waals surface area contributed by atoms with Gasteiger partial charge in [0, 0.05) is 5.03 Å². The SMILES string of the molecule is C=C(Cl)COc1ccc([C@H](C)O)cc1Cl. The molecule has 1 aromatic carbocycles. The number of halogens is 2. The summed E-state index contributed by atoms with van der Waals surface area (Å²) in [6.07, 6.45) is -0.542. The Morgan fingerprint density at radius 2 is 2.27 bits per heavy atom.